The van der Waals surface area contributed by atoms with Gasteiger partial charge in [0.2, 0.25) is 0 Å². The fourth-order valence-corrected chi connectivity index (χ4v) is 4.22. The zero-order chi connectivity index (χ0) is 14.5. The van der Waals surface area contributed by atoms with Crippen molar-refractivity contribution in [3.05, 3.63) is 35.9 Å². The van der Waals surface area contributed by atoms with E-state index in [0.717, 1.165) is 30.5 Å². The Kier molecular flexibility index (Phi) is 5.08. The van der Waals surface area contributed by atoms with Crippen molar-refractivity contribution in [2.45, 2.75) is 57.4 Å². The lowest BCUT2D eigenvalue weighted by molar-refractivity contribution is 0.0589. The molecule has 114 valence electrons. The predicted octanol–water partition coefficient (Wildman–Crippen LogP) is 4.30. The summed E-state index contributed by atoms with van der Waals surface area (Å²) in [6.45, 7) is 2.36. The molecule has 3 rings (SSSR count). The van der Waals surface area contributed by atoms with Gasteiger partial charge in [-0.2, -0.15) is 0 Å². The van der Waals surface area contributed by atoms with Crippen molar-refractivity contribution >= 4 is 5.78 Å². The lowest BCUT2D eigenvalue weighted by Crippen LogP contribution is -2.47. The number of nitrogens with zero attached hydrogens (tertiary/aromatic N) is 1. The van der Waals surface area contributed by atoms with E-state index in [0.29, 0.717) is 12.2 Å². The number of piperidine rings is 1. The van der Waals surface area contributed by atoms with E-state index in [1.54, 1.807) is 0 Å². The Bertz CT molecular complexity index is 454. The highest BCUT2D eigenvalue weighted by atomic mass is 16.1. The number of Topliss-reactive ketones (excluding diaryl/α,β-unsaturated/α-hetero) is 1. The number of ketones is 1. The number of benzene rings is 1. The molecule has 0 unspecified atom stereocenters. The van der Waals surface area contributed by atoms with E-state index < -0.39 is 0 Å². The maximum absolute atomic E-state index is 12.2. The minimum Gasteiger partial charge on any atom is -0.300 e. The fraction of sp³-hybridized carbons (Fsp3) is 0.632. The number of fused-ring (bicyclic) bond motifs is 1. The van der Waals surface area contributed by atoms with Gasteiger partial charge in [0.1, 0.15) is 0 Å². The first-order chi connectivity index (χ1) is 10.3. The number of likely N-dealkylation sites (tertiary alicyclic amines) is 1. The zero-order valence-corrected chi connectivity index (χ0v) is 13.0. The molecule has 0 N–H and O–H groups in total. The molecule has 2 fully saturated rings. The van der Waals surface area contributed by atoms with E-state index in [1.165, 1.54) is 45.1 Å². The molecule has 2 atom stereocenters. The first-order valence-corrected chi connectivity index (χ1v) is 8.67. The van der Waals surface area contributed by atoms with Crippen LogP contribution >= 0.6 is 0 Å². The highest BCUT2D eigenvalue weighted by Crippen LogP contribution is 2.35. The summed E-state index contributed by atoms with van der Waals surface area (Å²) in [5, 5.41) is 0. The summed E-state index contributed by atoms with van der Waals surface area (Å²) in [5.74, 6) is 1.24. The molecular formula is C19H27NO. The topological polar surface area (TPSA) is 20.3 Å². The Hall–Kier alpha value is -1.15. The van der Waals surface area contributed by atoms with Gasteiger partial charge in [0.05, 0.1) is 0 Å². The van der Waals surface area contributed by atoms with Gasteiger partial charge < -0.3 is 4.90 Å². The molecule has 2 nitrogen and oxygen atoms in total. The number of hydrogen-bond donors (Lipinski definition) is 0. The van der Waals surface area contributed by atoms with Crippen molar-refractivity contribution in [1.29, 1.82) is 0 Å². The molecule has 1 heterocycles. The van der Waals surface area contributed by atoms with Crippen LogP contribution in [-0.4, -0.2) is 29.8 Å². The molecule has 2 heteroatoms. The average molecular weight is 285 g/mol. The zero-order valence-electron chi connectivity index (χ0n) is 13.0. The summed E-state index contributed by atoms with van der Waals surface area (Å²) in [4.78, 5) is 14.8. The van der Waals surface area contributed by atoms with Crippen molar-refractivity contribution < 1.29 is 4.79 Å². The van der Waals surface area contributed by atoms with Gasteiger partial charge in [-0.25, -0.2) is 0 Å². The van der Waals surface area contributed by atoms with E-state index in [2.05, 4.69) is 4.90 Å². The molecule has 0 amide bonds. The number of carbonyl (C=O) groups is 1. The maximum Gasteiger partial charge on any atom is 0.162 e. The van der Waals surface area contributed by atoms with Crippen molar-refractivity contribution in [3.63, 3.8) is 0 Å². The van der Waals surface area contributed by atoms with Crippen LogP contribution in [0.1, 0.15) is 61.7 Å². The quantitative estimate of drug-likeness (QED) is 0.752. The van der Waals surface area contributed by atoms with Crippen molar-refractivity contribution in [2.75, 3.05) is 13.1 Å². The number of hydrogen-bond acceptors (Lipinski definition) is 2. The highest BCUT2D eigenvalue weighted by molar-refractivity contribution is 5.95. The van der Waals surface area contributed by atoms with Gasteiger partial charge in [0, 0.05) is 18.0 Å². The molecule has 1 saturated heterocycles. The molecule has 1 aromatic rings. The minimum absolute atomic E-state index is 0.299. The van der Waals surface area contributed by atoms with Crippen LogP contribution in [0.3, 0.4) is 0 Å². The lowest BCUT2D eigenvalue weighted by Gasteiger charge is -2.44. The van der Waals surface area contributed by atoms with Gasteiger partial charge in [-0.1, -0.05) is 43.2 Å². The second-order valence-corrected chi connectivity index (χ2v) is 6.68. The summed E-state index contributed by atoms with van der Waals surface area (Å²) in [6, 6.07) is 10.5. The van der Waals surface area contributed by atoms with Crippen LogP contribution in [0.15, 0.2) is 30.3 Å². The first-order valence-electron chi connectivity index (χ1n) is 8.67. The van der Waals surface area contributed by atoms with Gasteiger partial charge >= 0.3 is 0 Å². The Labute approximate surface area is 128 Å². The minimum atomic E-state index is 0.299. The molecule has 0 bridgehead atoms. The normalized spacial score (nSPS) is 26.3. The van der Waals surface area contributed by atoms with Crippen molar-refractivity contribution in [3.8, 4) is 0 Å². The molecule has 1 aliphatic heterocycles. The molecule has 0 aromatic heterocycles. The summed E-state index contributed by atoms with van der Waals surface area (Å²) in [5.41, 5.74) is 0.867. The molecular weight excluding hydrogens is 258 g/mol. The van der Waals surface area contributed by atoms with Crippen LogP contribution in [0.2, 0.25) is 0 Å². The third-order valence-electron chi connectivity index (χ3n) is 5.30. The molecule has 1 aromatic carbocycles. The fourth-order valence-electron chi connectivity index (χ4n) is 4.22. The number of carbonyl (C=O) groups excluding carboxylic acids is 1. The van der Waals surface area contributed by atoms with Crippen LogP contribution in [0.5, 0.6) is 0 Å². The van der Waals surface area contributed by atoms with E-state index in [-0.39, 0.29) is 0 Å². The number of rotatable bonds is 5. The first kappa shape index (κ1) is 14.8. The standard InChI is InChI=1S/C19H27NO/c21-19(17-9-2-1-3-10-17)13-7-15-20-14-6-11-16-8-4-5-12-18(16)20/h1-3,9-10,16,18H,4-8,11-15H2/t16-,18-/m1/s1. The van der Waals surface area contributed by atoms with Gasteiger partial charge in [0.15, 0.2) is 5.78 Å². The van der Waals surface area contributed by atoms with E-state index in [9.17, 15) is 4.79 Å². The monoisotopic (exact) mass is 285 g/mol. The Morgan fingerprint density at radius 2 is 1.81 bits per heavy atom. The van der Waals surface area contributed by atoms with Crippen molar-refractivity contribution in [1.82, 2.24) is 4.90 Å². The molecule has 0 spiro atoms. The van der Waals surface area contributed by atoms with Crippen LogP contribution in [0.4, 0.5) is 0 Å². The third-order valence-corrected chi connectivity index (χ3v) is 5.30. The van der Waals surface area contributed by atoms with Gasteiger partial charge in [-0.15, -0.1) is 0 Å². The Morgan fingerprint density at radius 1 is 1.05 bits per heavy atom. The molecule has 21 heavy (non-hydrogen) atoms. The van der Waals surface area contributed by atoms with Crippen LogP contribution < -0.4 is 0 Å². The summed E-state index contributed by atoms with van der Waals surface area (Å²) in [7, 11) is 0. The predicted molar refractivity (Wildman–Crippen MR) is 86.6 cm³/mol. The second kappa shape index (κ2) is 7.22. The van der Waals surface area contributed by atoms with E-state index >= 15 is 0 Å². The highest BCUT2D eigenvalue weighted by Gasteiger charge is 2.32. The second-order valence-electron chi connectivity index (χ2n) is 6.68. The van der Waals surface area contributed by atoms with E-state index in [1.807, 2.05) is 30.3 Å². The van der Waals surface area contributed by atoms with Crippen LogP contribution in [-0.2, 0) is 0 Å². The summed E-state index contributed by atoms with van der Waals surface area (Å²) in [6.07, 6.45) is 10.1. The average Bonchev–Trinajstić information content (AvgIpc) is 2.56. The van der Waals surface area contributed by atoms with Gasteiger partial charge in [-0.3, -0.25) is 4.79 Å². The van der Waals surface area contributed by atoms with Gasteiger partial charge in [-0.05, 0) is 51.1 Å². The van der Waals surface area contributed by atoms with E-state index in [4.69, 9.17) is 0 Å². The Balaban J connectivity index is 1.47. The van der Waals surface area contributed by atoms with Crippen LogP contribution in [0.25, 0.3) is 0 Å². The molecule has 2 aliphatic rings. The lowest BCUT2D eigenvalue weighted by atomic mass is 9.78. The van der Waals surface area contributed by atoms with Crippen molar-refractivity contribution in [2.24, 2.45) is 5.92 Å². The van der Waals surface area contributed by atoms with Crippen LogP contribution in [0, 0.1) is 5.92 Å². The third kappa shape index (κ3) is 3.74. The smallest absolute Gasteiger partial charge is 0.162 e. The summed E-state index contributed by atoms with van der Waals surface area (Å²) >= 11 is 0. The van der Waals surface area contributed by atoms with Gasteiger partial charge in [0.25, 0.3) is 0 Å². The molecule has 1 saturated carbocycles. The molecule has 1 aliphatic carbocycles. The Morgan fingerprint density at radius 3 is 2.67 bits per heavy atom. The maximum atomic E-state index is 12.2. The SMILES string of the molecule is O=C(CCCN1CCC[C@H]2CCCC[C@H]21)c1ccccc1. The molecule has 0 radical (unpaired) electrons. The summed E-state index contributed by atoms with van der Waals surface area (Å²) < 4.78 is 0. The largest absolute Gasteiger partial charge is 0.300 e.